The highest BCUT2D eigenvalue weighted by Crippen LogP contribution is 2.42. The Kier molecular flexibility index (Phi) is 6.82. The Morgan fingerprint density at radius 2 is 1.83 bits per heavy atom. The summed E-state index contributed by atoms with van der Waals surface area (Å²) in [5.74, 6) is -1.54. The SMILES string of the molecule is COCCN(C)C(=O)c1c(F)cc(-c2ccc3c(c2)CCC2(CCN(C4CCC4)CC2)O3)cc1F. The lowest BCUT2D eigenvalue weighted by molar-refractivity contribution is -0.0336. The van der Waals surface area contributed by atoms with Crippen LogP contribution in [0.1, 0.15) is 54.4 Å². The number of likely N-dealkylation sites (tertiary alicyclic amines) is 1. The van der Waals surface area contributed by atoms with E-state index in [1.807, 2.05) is 18.2 Å². The van der Waals surface area contributed by atoms with E-state index in [9.17, 15) is 13.6 Å². The van der Waals surface area contributed by atoms with Gasteiger partial charge < -0.3 is 19.3 Å². The number of rotatable bonds is 6. The lowest BCUT2D eigenvalue weighted by Crippen LogP contribution is -2.53. The quantitative estimate of drug-likeness (QED) is 0.575. The standard InChI is InChI=1S/C28H34F2N2O3/c1-31(14-15-34-2)27(33)26-23(29)17-21(18-24(26)30)19-6-7-25-20(16-19)8-9-28(35-25)10-12-32(13-11-28)22-4-3-5-22/h6-7,16-18,22H,3-5,8-15H2,1-2H3. The van der Waals surface area contributed by atoms with Crippen LogP contribution in [0.3, 0.4) is 0 Å². The fourth-order valence-corrected chi connectivity index (χ4v) is 5.57. The number of halogens is 2. The molecule has 1 saturated heterocycles. The van der Waals surface area contributed by atoms with Crippen LogP contribution in [0.25, 0.3) is 11.1 Å². The summed E-state index contributed by atoms with van der Waals surface area (Å²) in [6.07, 6.45) is 7.98. The number of methoxy groups -OCH3 is 1. The van der Waals surface area contributed by atoms with E-state index in [1.54, 1.807) is 0 Å². The first-order valence-corrected chi connectivity index (χ1v) is 12.7. The van der Waals surface area contributed by atoms with Crippen molar-refractivity contribution < 1.29 is 23.0 Å². The van der Waals surface area contributed by atoms with Gasteiger partial charge in [-0.15, -0.1) is 0 Å². The van der Waals surface area contributed by atoms with E-state index >= 15 is 0 Å². The molecule has 1 amide bonds. The first kappa shape index (κ1) is 24.2. The number of hydrogen-bond donors (Lipinski definition) is 0. The van der Waals surface area contributed by atoms with Gasteiger partial charge in [-0.1, -0.05) is 12.5 Å². The molecule has 1 saturated carbocycles. The van der Waals surface area contributed by atoms with E-state index in [2.05, 4.69) is 4.90 Å². The van der Waals surface area contributed by atoms with Crippen molar-refractivity contribution in [1.82, 2.24) is 9.80 Å². The molecule has 3 aliphatic rings. The number of amides is 1. The summed E-state index contributed by atoms with van der Waals surface area (Å²) >= 11 is 0. The summed E-state index contributed by atoms with van der Waals surface area (Å²) in [4.78, 5) is 16.4. The van der Waals surface area contributed by atoms with Crippen molar-refractivity contribution in [2.45, 2.75) is 56.6 Å². The second kappa shape index (κ2) is 9.86. The third-order valence-electron chi connectivity index (χ3n) is 8.10. The van der Waals surface area contributed by atoms with Crippen LogP contribution in [-0.2, 0) is 11.2 Å². The number of ether oxygens (including phenoxy) is 2. The Hall–Kier alpha value is -2.51. The van der Waals surface area contributed by atoms with Gasteiger partial charge in [0.2, 0.25) is 0 Å². The fourth-order valence-electron chi connectivity index (χ4n) is 5.57. The molecule has 0 atom stereocenters. The molecule has 0 aromatic heterocycles. The maximum absolute atomic E-state index is 14.9. The van der Waals surface area contributed by atoms with Crippen LogP contribution in [0.2, 0.25) is 0 Å². The third-order valence-corrected chi connectivity index (χ3v) is 8.10. The van der Waals surface area contributed by atoms with Gasteiger partial charge in [-0.25, -0.2) is 8.78 Å². The maximum Gasteiger partial charge on any atom is 0.259 e. The molecule has 188 valence electrons. The van der Waals surface area contributed by atoms with Crippen LogP contribution in [-0.4, -0.2) is 67.7 Å². The molecule has 2 aliphatic heterocycles. The lowest BCUT2D eigenvalue weighted by atomic mass is 9.81. The third kappa shape index (κ3) is 4.81. The Morgan fingerprint density at radius 1 is 1.11 bits per heavy atom. The van der Waals surface area contributed by atoms with Gasteiger partial charge in [0, 0.05) is 39.8 Å². The smallest absolute Gasteiger partial charge is 0.259 e. The summed E-state index contributed by atoms with van der Waals surface area (Å²) in [7, 11) is 3.01. The van der Waals surface area contributed by atoms with Crippen LogP contribution >= 0.6 is 0 Å². The van der Waals surface area contributed by atoms with Gasteiger partial charge in [-0.3, -0.25) is 4.79 Å². The van der Waals surface area contributed by atoms with Crippen molar-refractivity contribution in [1.29, 1.82) is 0 Å². The van der Waals surface area contributed by atoms with E-state index in [-0.39, 0.29) is 12.1 Å². The van der Waals surface area contributed by atoms with Crippen molar-refractivity contribution in [2.75, 3.05) is 40.4 Å². The normalized spacial score (nSPS) is 19.7. The number of carbonyl (C=O) groups excluding carboxylic acids is 1. The molecular formula is C28H34F2N2O3. The Morgan fingerprint density at radius 3 is 2.46 bits per heavy atom. The molecule has 0 N–H and O–H groups in total. The minimum Gasteiger partial charge on any atom is -0.487 e. The topological polar surface area (TPSA) is 42.0 Å². The van der Waals surface area contributed by atoms with Crippen LogP contribution < -0.4 is 4.74 Å². The van der Waals surface area contributed by atoms with Crippen LogP contribution in [0.4, 0.5) is 8.78 Å². The van der Waals surface area contributed by atoms with E-state index in [1.165, 1.54) is 50.5 Å². The number of hydrogen-bond acceptors (Lipinski definition) is 4. The zero-order valence-electron chi connectivity index (χ0n) is 20.6. The molecule has 1 aliphatic carbocycles. The summed E-state index contributed by atoms with van der Waals surface area (Å²) in [5.41, 5.74) is 1.56. The molecule has 5 nitrogen and oxygen atoms in total. The number of nitrogens with zero attached hydrogens (tertiary/aromatic N) is 2. The zero-order chi connectivity index (χ0) is 24.6. The van der Waals surface area contributed by atoms with Gasteiger partial charge >= 0.3 is 0 Å². The van der Waals surface area contributed by atoms with Crippen molar-refractivity contribution >= 4 is 5.91 Å². The Labute approximate surface area is 206 Å². The highest BCUT2D eigenvalue weighted by molar-refractivity contribution is 5.95. The number of likely N-dealkylation sites (N-methyl/N-ethyl adjacent to an activating group) is 1. The number of fused-ring (bicyclic) bond motifs is 1. The molecule has 7 heteroatoms. The molecule has 2 fully saturated rings. The van der Waals surface area contributed by atoms with Crippen molar-refractivity contribution in [2.24, 2.45) is 0 Å². The first-order valence-electron chi connectivity index (χ1n) is 12.7. The van der Waals surface area contributed by atoms with Crippen LogP contribution in [0, 0.1) is 11.6 Å². The van der Waals surface area contributed by atoms with E-state index in [4.69, 9.17) is 9.47 Å². The zero-order valence-corrected chi connectivity index (χ0v) is 20.6. The molecule has 0 bridgehead atoms. The summed E-state index contributed by atoms with van der Waals surface area (Å²) < 4.78 is 41.3. The van der Waals surface area contributed by atoms with Crippen molar-refractivity contribution in [3.8, 4) is 16.9 Å². The Balaban J connectivity index is 1.30. The molecule has 1 spiro atoms. The molecule has 5 rings (SSSR count). The number of benzene rings is 2. The van der Waals surface area contributed by atoms with Gasteiger partial charge in [0.15, 0.2) is 0 Å². The predicted octanol–water partition coefficient (Wildman–Crippen LogP) is 5.06. The van der Waals surface area contributed by atoms with Crippen LogP contribution in [0.5, 0.6) is 5.75 Å². The average molecular weight is 485 g/mol. The minimum absolute atomic E-state index is 0.0934. The first-order chi connectivity index (χ1) is 16.9. The molecule has 2 aromatic rings. The van der Waals surface area contributed by atoms with Gasteiger partial charge in [-0.05, 0) is 79.5 Å². The minimum atomic E-state index is -0.861. The summed E-state index contributed by atoms with van der Waals surface area (Å²) in [6, 6.07) is 9.00. The predicted molar refractivity (Wildman–Crippen MR) is 131 cm³/mol. The monoisotopic (exact) mass is 484 g/mol. The van der Waals surface area contributed by atoms with E-state index in [0.29, 0.717) is 17.7 Å². The molecular weight excluding hydrogens is 450 g/mol. The van der Waals surface area contributed by atoms with Gasteiger partial charge in [0.05, 0.1) is 6.61 Å². The van der Waals surface area contributed by atoms with Crippen molar-refractivity contribution in [3.05, 3.63) is 53.1 Å². The van der Waals surface area contributed by atoms with E-state index < -0.39 is 23.1 Å². The van der Waals surface area contributed by atoms with Gasteiger partial charge in [0.1, 0.15) is 28.5 Å². The van der Waals surface area contributed by atoms with Crippen LogP contribution in [0.15, 0.2) is 30.3 Å². The highest BCUT2D eigenvalue weighted by Gasteiger charge is 2.41. The van der Waals surface area contributed by atoms with Crippen molar-refractivity contribution in [3.63, 3.8) is 0 Å². The molecule has 2 heterocycles. The van der Waals surface area contributed by atoms with E-state index in [0.717, 1.165) is 56.1 Å². The van der Waals surface area contributed by atoms with Gasteiger partial charge in [0.25, 0.3) is 5.91 Å². The molecule has 0 radical (unpaired) electrons. The molecule has 0 unspecified atom stereocenters. The second-order valence-corrected chi connectivity index (χ2v) is 10.3. The number of aryl methyl sites for hydroxylation is 1. The van der Waals surface area contributed by atoms with Gasteiger partial charge in [-0.2, -0.15) is 0 Å². The fraction of sp³-hybridized carbons (Fsp3) is 0.536. The lowest BCUT2D eigenvalue weighted by Gasteiger charge is -2.48. The second-order valence-electron chi connectivity index (χ2n) is 10.3. The number of carbonyl (C=O) groups is 1. The largest absolute Gasteiger partial charge is 0.487 e. The molecule has 2 aromatic carbocycles. The Bertz CT molecular complexity index is 1070. The highest BCUT2D eigenvalue weighted by atomic mass is 19.1. The average Bonchev–Trinajstić information content (AvgIpc) is 2.82. The maximum atomic E-state index is 14.9. The summed E-state index contributed by atoms with van der Waals surface area (Å²) in [5, 5.41) is 0. The number of piperidine rings is 1. The summed E-state index contributed by atoms with van der Waals surface area (Å²) in [6.45, 7) is 2.74. The molecule has 35 heavy (non-hydrogen) atoms.